The number of hydrogen-bond acceptors (Lipinski definition) is 3. The van der Waals surface area contributed by atoms with Crippen LogP contribution in [0.1, 0.15) is 11.3 Å². The van der Waals surface area contributed by atoms with Crippen molar-refractivity contribution >= 4 is 34.2 Å². The van der Waals surface area contributed by atoms with Gasteiger partial charge >= 0.3 is 0 Å². The van der Waals surface area contributed by atoms with Crippen LogP contribution in [0.2, 0.25) is 10.0 Å². The number of nitrogens with one attached hydrogen (secondary N) is 1. The predicted octanol–water partition coefficient (Wildman–Crippen LogP) is 5.25. The first-order chi connectivity index (χ1) is 12.6. The quantitative estimate of drug-likeness (QED) is 0.520. The van der Waals surface area contributed by atoms with Gasteiger partial charge in [-0.3, -0.25) is 0 Å². The van der Waals surface area contributed by atoms with Gasteiger partial charge in [-0.1, -0.05) is 35.3 Å². The van der Waals surface area contributed by atoms with Gasteiger partial charge in [0.05, 0.1) is 16.9 Å². The minimum atomic E-state index is -0.418. The number of benzene rings is 1. The van der Waals surface area contributed by atoms with Crippen LogP contribution in [0, 0.1) is 5.82 Å². The van der Waals surface area contributed by atoms with Crippen LogP contribution >= 0.6 is 23.2 Å². The van der Waals surface area contributed by atoms with Crippen molar-refractivity contribution in [1.29, 1.82) is 0 Å². The molecular weight excluding hydrogens is 374 g/mol. The summed E-state index contributed by atoms with van der Waals surface area (Å²) in [6.07, 6.45) is 5.64. The standard InChI is InChI=1S/C19H13Cl2FN4/c20-12-4-1-11(2-5-12)3-6-17-16(22)10-25-19(26-17)15-9-24-18-14(15)7-13(21)8-23-18/h1-2,4-5,7-10H,3,6H2,(H,23,24). The number of hydrogen-bond donors (Lipinski definition) is 1. The van der Waals surface area contributed by atoms with Crippen molar-refractivity contribution < 1.29 is 4.39 Å². The van der Waals surface area contributed by atoms with Gasteiger partial charge in [0.1, 0.15) is 5.65 Å². The van der Waals surface area contributed by atoms with Gasteiger partial charge in [0.2, 0.25) is 0 Å². The first kappa shape index (κ1) is 16.9. The molecule has 0 aliphatic carbocycles. The average Bonchev–Trinajstić information content (AvgIpc) is 3.05. The van der Waals surface area contributed by atoms with Gasteiger partial charge in [-0.05, 0) is 36.6 Å². The third kappa shape index (κ3) is 3.41. The second-order valence-electron chi connectivity index (χ2n) is 5.87. The first-order valence-corrected chi connectivity index (χ1v) is 8.74. The summed E-state index contributed by atoms with van der Waals surface area (Å²) in [5.41, 5.74) is 2.86. The molecule has 4 aromatic rings. The number of aromatic amines is 1. The smallest absolute Gasteiger partial charge is 0.163 e. The molecule has 0 spiro atoms. The van der Waals surface area contributed by atoms with E-state index < -0.39 is 5.82 Å². The molecule has 3 heterocycles. The predicted molar refractivity (Wildman–Crippen MR) is 101 cm³/mol. The van der Waals surface area contributed by atoms with Crippen LogP contribution in [-0.4, -0.2) is 19.9 Å². The van der Waals surface area contributed by atoms with Gasteiger partial charge in [-0.2, -0.15) is 0 Å². The van der Waals surface area contributed by atoms with Crippen LogP contribution in [0.4, 0.5) is 4.39 Å². The van der Waals surface area contributed by atoms with Gasteiger partial charge in [0.15, 0.2) is 11.6 Å². The maximum absolute atomic E-state index is 14.2. The van der Waals surface area contributed by atoms with E-state index in [1.807, 2.05) is 24.3 Å². The highest BCUT2D eigenvalue weighted by Crippen LogP contribution is 2.27. The van der Waals surface area contributed by atoms with E-state index in [9.17, 15) is 4.39 Å². The van der Waals surface area contributed by atoms with E-state index in [0.717, 1.165) is 16.5 Å². The molecular formula is C19H13Cl2FN4. The SMILES string of the molecule is Fc1cnc(-c2c[nH]c3ncc(Cl)cc23)nc1CCc1ccc(Cl)cc1. The molecule has 1 N–H and O–H groups in total. The second-order valence-corrected chi connectivity index (χ2v) is 6.74. The van der Waals surface area contributed by atoms with E-state index in [0.29, 0.717) is 40.1 Å². The second kappa shape index (κ2) is 7.02. The lowest BCUT2D eigenvalue weighted by atomic mass is 10.1. The van der Waals surface area contributed by atoms with Crippen molar-refractivity contribution in [2.45, 2.75) is 12.8 Å². The molecule has 0 radical (unpaired) electrons. The number of halogens is 3. The Balaban J connectivity index is 1.65. The third-order valence-corrected chi connectivity index (χ3v) is 4.58. The van der Waals surface area contributed by atoms with Crippen molar-refractivity contribution in [2.75, 3.05) is 0 Å². The zero-order valence-corrected chi connectivity index (χ0v) is 15.0. The van der Waals surface area contributed by atoms with Crippen molar-refractivity contribution in [1.82, 2.24) is 19.9 Å². The number of fused-ring (bicyclic) bond motifs is 1. The fraction of sp³-hybridized carbons (Fsp3) is 0.105. The number of rotatable bonds is 4. The van der Waals surface area contributed by atoms with Crippen molar-refractivity contribution in [3.05, 3.63) is 76.0 Å². The highest BCUT2D eigenvalue weighted by atomic mass is 35.5. The number of H-pyrrole nitrogens is 1. The molecule has 7 heteroatoms. The fourth-order valence-corrected chi connectivity index (χ4v) is 3.07. The van der Waals surface area contributed by atoms with E-state index in [-0.39, 0.29) is 0 Å². The Hall–Kier alpha value is -2.50. The molecule has 0 saturated heterocycles. The van der Waals surface area contributed by atoms with Crippen LogP contribution in [0.25, 0.3) is 22.4 Å². The highest BCUT2D eigenvalue weighted by Gasteiger charge is 2.13. The molecule has 0 bridgehead atoms. The largest absolute Gasteiger partial charge is 0.345 e. The number of pyridine rings is 1. The van der Waals surface area contributed by atoms with E-state index in [4.69, 9.17) is 23.2 Å². The first-order valence-electron chi connectivity index (χ1n) is 7.99. The molecule has 0 amide bonds. The molecule has 0 atom stereocenters. The van der Waals surface area contributed by atoms with E-state index in [1.54, 1.807) is 18.5 Å². The Kier molecular flexibility index (Phi) is 4.57. The van der Waals surface area contributed by atoms with Crippen LogP contribution in [-0.2, 0) is 12.8 Å². The number of aromatic nitrogens is 4. The number of aryl methyl sites for hydroxylation is 2. The van der Waals surface area contributed by atoms with Gasteiger partial charge < -0.3 is 4.98 Å². The summed E-state index contributed by atoms with van der Waals surface area (Å²) in [4.78, 5) is 15.8. The zero-order chi connectivity index (χ0) is 18.1. The fourth-order valence-electron chi connectivity index (χ4n) is 2.78. The molecule has 0 aliphatic heterocycles. The summed E-state index contributed by atoms with van der Waals surface area (Å²) >= 11 is 11.9. The summed E-state index contributed by atoms with van der Waals surface area (Å²) in [5, 5.41) is 1.99. The minimum absolute atomic E-state index is 0.370. The Morgan fingerprint density at radius 3 is 2.58 bits per heavy atom. The number of nitrogens with zero attached hydrogens (tertiary/aromatic N) is 3. The molecule has 1 aromatic carbocycles. The molecule has 0 saturated carbocycles. The summed E-state index contributed by atoms with van der Waals surface area (Å²) in [5.74, 6) is 0.0199. The lowest BCUT2D eigenvalue weighted by Gasteiger charge is -2.06. The summed E-state index contributed by atoms with van der Waals surface area (Å²) in [7, 11) is 0. The van der Waals surface area contributed by atoms with Gasteiger partial charge in [0, 0.05) is 28.4 Å². The van der Waals surface area contributed by atoms with Gasteiger partial charge in [0.25, 0.3) is 0 Å². The van der Waals surface area contributed by atoms with E-state index in [1.165, 1.54) is 6.20 Å². The summed E-state index contributed by atoms with van der Waals surface area (Å²) < 4.78 is 14.2. The molecule has 3 aromatic heterocycles. The summed E-state index contributed by atoms with van der Waals surface area (Å²) in [6.45, 7) is 0. The van der Waals surface area contributed by atoms with Crippen LogP contribution in [0.3, 0.4) is 0 Å². The Labute approximate surface area is 159 Å². The molecule has 0 aliphatic rings. The lowest BCUT2D eigenvalue weighted by Crippen LogP contribution is -2.02. The Bertz CT molecular complexity index is 1080. The molecule has 130 valence electrons. The highest BCUT2D eigenvalue weighted by molar-refractivity contribution is 6.31. The van der Waals surface area contributed by atoms with E-state index >= 15 is 0 Å². The zero-order valence-electron chi connectivity index (χ0n) is 13.5. The molecule has 0 fully saturated rings. The summed E-state index contributed by atoms with van der Waals surface area (Å²) in [6, 6.07) is 9.28. The molecule has 4 nitrogen and oxygen atoms in total. The van der Waals surface area contributed by atoms with Crippen LogP contribution < -0.4 is 0 Å². The maximum Gasteiger partial charge on any atom is 0.163 e. The molecule has 26 heavy (non-hydrogen) atoms. The average molecular weight is 387 g/mol. The van der Waals surface area contributed by atoms with Gasteiger partial charge in [-0.15, -0.1) is 0 Å². The minimum Gasteiger partial charge on any atom is -0.345 e. The maximum atomic E-state index is 14.2. The topological polar surface area (TPSA) is 54.5 Å². The van der Waals surface area contributed by atoms with Crippen LogP contribution in [0.15, 0.2) is 48.9 Å². The Morgan fingerprint density at radius 1 is 0.962 bits per heavy atom. The third-order valence-electron chi connectivity index (χ3n) is 4.12. The van der Waals surface area contributed by atoms with Crippen LogP contribution in [0.5, 0.6) is 0 Å². The molecule has 4 rings (SSSR count). The monoisotopic (exact) mass is 386 g/mol. The van der Waals surface area contributed by atoms with E-state index in [2.05, 4.69) is 19.9 Å². The van der Waals surface area contributed by atoms with Gasteiger partial charge in [-0.25, -0.2) is 19.3 Å². The normalized spacial score (nSPS) is 11.2. The van der Waals surface area contributed by atoms with Crippen molar-refractivity contribution in [3.8, 4) is 11.4 Å². The lowest BCUT2D eigenvalue weighted by molar-refractivity contribution is 0.590. The van der Waals surface area contributed by atoms with Crippen molar-refractivity contribution in [3.63, 3.8) is 0 Å². The Morgan fingerprint density at radius 2 is 1.77 bits per heavy atom. The molecule has 0 unspecified atom stereocenters. The van der Waals surface area contributed by atoms with Crippen molar-refractivity contribution in [2.24, 2.45) is 0 Å².